The highest BCUT2D eigenvalue weighted by molar-refractivity contribution is 7.92. The first kappa shape index (κ1) is 29.0. The summed E-state index contributed by atoms with van der Waals surface area (Å²) >= 11 is 5.99. The molecule has 0 aliphatic carbocycles. The fourth-order valence-corrected chi connectivity index (χ4v) is 7.28. The molecule has 0 spiro atoms. The molecule has 2 heterocycles. The van der Waals surface area contributed by atoms with Crippen LogP contribution in [0.5, 0.6) is 0 Å². The molecule has 2 saturated heterocycles. The molecule has 38 heavy (non-hydrogen) atoms. The van der Waals surface area contributed by atoms with Gasteiger partial charge in [-0.25, -0.2) is 12.8 Å². The molecule has 2 aromatic rings. The van der Waals surface area contributed by atoms with Crippen molar-refractivity contribution in [1.29, 1.82) is 0 Å². The summed E-state index contributed by atoms with van der Waals surface area (Å²) in [6, 6.07) is 10.5. The van der Waals surface area contributed by atoms with E-state index in [1.54, 1.807) is 32.9 Å². The maximum Gasteiger partial charge on any atom is 0.232 e. The minimum Gasteiger partial charge on any atom is -0.381 e. The van der Waals surface area contributed by atoms with E-state index in [4.69, 9.17) is 21.1 Å². The van der Waals surface area contributed by atoms with Crippen molar-refractivity contribution in [2.75, 3.05) is 57.5 Å². The monoisotopic (exact) mass is 566 g/mol. The third-order valence-corrected chi connectivity index (χ3v) is 10.2. The van der Waals surface area contributed by atoms with Gasteiger partial charge in [0, 0.05) is 49.8 Å². The zero-order chi connectivity index (χ0) is 27.6. The van der Waals surface area contributed by atoms with Crippen LogP contribution in [0, 0.1) is 11.2 Å². The smallest absolute Gasteiger partial charge is 0.232 e. The maximum absolute atomic E-state index is 15.9. The second-order valence-electron chi connectivity index (χ2n) is 10.9. The van der Waals surface area contributed by atoms with Crippen molar-refractivity contribution in [2.45, 2.75) is 43.3 Å². The van der Waals surface area contributed by atoms with E-state index in [0.29, 0.717) is 36.9 Å². The average Bonchev–Trinajstić information content (AvgIpc) is 2.90. The number of sulfone groups is 1. The lowest BCUT2D eigenvalue weighted by Gasteiger charge is -2.38. The second-order valence-corrected chi connectivity index (χ2v) is 13.6. The molecule has 0 aromatic heterocycles. The zero-order valence-corrected chi connectivity index (χ0v) is 23.8. The summed E-state index contributed by atoms with van der Waals surface area (Å²) in [5, 5.41) is 0.432. The van der Waals surface area contributed by atoms with Gasteiger partial charge in [0.05, 0.1) is 23.8 Å². The Labute approximate surface area is 229 Å². The van der Waals surface area contributed by atoms with Crippen molar-refractivity contribution in [2.24, 2.45) is 5.41 Å². The van der Waals surface area contributed by atoms with Crippen molar-refractivity contribution >= 4 is 33.0 Å². The topological polar surface area (TPSA) is 76.2 Å². The molecule has 0 N–H and O–H groups in total. The first-order valence-electron chi connectivity index (χ1n) is 13.0. The number of morpholine rings is 1. The fraction of sp³-hybridized carbons (Fsp3) is 0.536. The van der Waals surface area contributed by atoms with Gasteiger partial charge in [0.2, 0.25) is 5.91 Å². The van der Waals surface area contributed by atoms with E-state index < -0.39 is 25.8 Å². The SMILES string of the molecule is CC(C)(C)C(=O)N(CCN1CCOCC1)c1ccc(C2(S(=O)(=O)c3ccc(Cl)cc3)CCOCC2)cc1F. The van der Waals surface area contributed by atoms with Crippen LogP contribution in [0.15, 0.2) is 47.4 Å². The van der Waals surface area contributed by atoms with Crippen LogP contribution >= 0.6 is 11.6 Å². The van der Waals surface area contributed by atoms with Crippen LogP contribution in [0.3, 0.4) is 0 Å². The van der Waals surface area contributed by atoms with Gasteiger partial charge in [-0.05, 0) is 54.8 Å². The van der Waals surface area contributed by atoms with Crippen LogP contribution in [0.4, 0.5) is 10.1 Å². The summed E-state index contributed by atoms with van der Waals surface area (Å²) in [5.41, 5.74) is -0.225. The molecule has 4 rings (SSSR count). The molecule has 0 bridgehead atoms. The number of amides is 1. The zero-order valence-electron chi connectivity index (χ0n) is 22.2. The highest BCUT2D eigenvalue weighted by atomic mass is 35.5. The lowest BCUT2D eigenvalue weighted by atomic mass is 9.89. The van der Waals surface area contributed by atoms with Crippen molar-refractivity contribution in [1.82, 2.24) is 4.90 Å². The summed E-state index contributed by atoms with van der Waals surface area (Å²) < 4.78 is 53.4. The molecule has 10 heteroatoms. The Morgan fingerprint density at radius 1 is 1.03 bits per heavy atom. The van der Waals surface area contributed by atoms with Gasteiger partial charge in [0.25, 0.3) is 0 Å². The summed E-state index contributed by atoms with van der Waals surface area (Å²) in [4.78, 5) is 17.2. The standard InChI is InChI=1S/C28H36ClFN2O5S/c1-27(2,3)26(33)32(13-12-31-14-18-37-19-15-31)25-9-4-21(20-24(25)30)28(10-16-36-17-11-28)38(34,35)23-7-5-22(29)6-8-23/h4-9,20H,10-19H2,1-3H3. The van der Waals surface area contributed by atoms with E-state index in [9.17, 15) is 13.2 Å². The number of halogens is 2. The largest absolute Gasteiger partial charge is 0.381 e. The highest BCUT2D eigenvalue weighted by Crippen LogP contribution is 2.45. The van der Waals surface area contributed by atoms with Crippen molar-refractivity contribution < 1.29 is 27.1 Å². The Morgan fingerprint density at radius 3 is 2.21 bits per heavy atom. The van der Waals surface area contributed by atoms with Crippen LogP contribution in [-0.2, 0) is 28.9 Å². The van der Waals surface area contributed by atoms with Gasteiger partial charge in [0.1, 0.15) is 10.6 Å². The molecule has 2 aliphatic rings. The number of benzene rings is 2. The lowest BCUT2D eigenvalue weighted by molar-refractivity contribution is -0.125. The van der Waals surface area contributed by atoms with Crippen molar-refractivity contribution in [3.05, 3.63) is 58.9 Å². The van der Waals surface area contributed by atoms with Gasteiger partial charge in [-0.15, -0.1) is 0 Å². The van der Waals surface area contributed by atoms with E-state index in [1.807, 2.05) is 0 Å². The molecule has 2 fully saturated rings. The molecule has 0 saturated carbocycles. The summed E-state index contributed by atoms with van der Waals surface area (Å²) in [5.74, 6) is -0.828. The number of nitrogens with zero attached hydrogens (tertiary/aromatic N) is 2. The molecule has 0 unspecified atom stereocenters. The Kier molecular flexibility index (Phi) is 8.84. The summed E-state index contributed by atoms with van der Waals surface area (Å²) in [7, 11) is -3.91. The van der Waals surface area contributed by atoms with E-state index >= 15 is 4.39 Å². The predicted molar refractivity (Wildman–Crippen MR) is 146 cm³/mol. The third kappa shape index (κ3) is 5.92. The number of rotatable bonds is 7. The van der Waals surface area contributed by atoms with Crippen LogP contribution in [0.25, 0.3) is 0 Å². The molecule has 0 atom stereocenters. The van der Waals surface area contributed by atoms with E-state index in [1.165, 1.54) is 35.2 Å². The fourth-order valence-electron chi connectivity index (χ4n) is 5.06. The highest BCUT2D eigenvalue weighted by Gasteiger charge is 2.48. The number of ether oxygens (including phenoxy) is 2. The van der Waals surface area contributed by atoms with Crippen LogP contribution in [0.2, 0.25) is 5.02 Å². The summed E-state index contributed by atoms with van der Waals surface area (Å²) in [6.07, 6.45) is 0.386. The normalized spacial score (nSPS) is 18.8. The average molecular weight is 567 g/mol. The Hall–Kier alpha value is -2.04. The third-order valence-electron chi connectivity index (χ3n) is 7.33. The molecule has 0 radical (unpaired) electrons. The van der Waals surface area contributed by atoms with E-state index in [0.717, 1.165) is 13.1 Å². The molecule has 208 valence electrons. The van der Waals surface area contributed by atoms with E-state index in [-0.39, 0.29) is 42.5 Å². The number of carbonyl (C=O) groups is 1. The molecule has 7 nitrogen and oxygen atoms in total. The van der Waals surface area contributed by atoms with Gasteiger partial charge in [-0.2, -0.15) is 0 Å². The first-order valence-corrected chi connectivity index (χ1v) is 14.8. The number of anilines is 1. The Balaban J connectivity index is 1.71. The van der Waals surface area contributed by atoms with Gasteiger partial charge >= 0.3 is 0 Å². The Bertz CT molecular complexity index is 1230. The van der Waals surface area contributed by atoms with Gasteiger partial charge in [-0.1, -0.05) is 38.4 Å². The van der Waals surface area contributed by atoms with Crippen molar-refractivity contribution in [3.8, 4) is 0 Å². The van der Waals surface area contributed by atoms with Crippen LogP contribution in [0.1, 0.15) is 39.2 Å². The molecule has 2 aliphatic heterocycles. The minimum absolute atomic E-state index is 0.128. The van der Waals surface area contributed by atoms with Gasteiger partial charge in [-0.3, -0.25) is 9.69 Å². The first-order chi connectivity index (χ1) is 18.0. The minimum atomic E-state index is -3.91. The second kappa shape index (κ2) is 11.6. The Morgan fingerprint density at radius 2 is 1.63 bits per heavy atom. The van der Waals surface area contributed by atoms with E-state index in [2.05, 4.69) is 4.90 Å². The van der Waals surface area contributed by atoms with Crippen molar-refractivity contribution in [3.63, 3.8) is 0 Å². The molecular formula is C28H36ClFN2O5S. The quantitative estimate of drug-likeness (QED) is 0.485. The number of carbonyl (C=O) groups excluding carboxylic acids is 1. The number of hydrogen-bond donors (Lipinski definition) is 0. The number of hydrogen-bond acceptors (Lipinski definition) is 6. The molecule has 2 aromatic carbocycles. The summed E-state index contributed by atoms with van der Waals surface area (Å²) in [6.45, 7) is 9.56. The van der Waals surface area contributed by atoms with Gasteiger partial charge in [0.15, 0.2) is 9.84 Å². The maximum atomic E-state index is 15.9. The van der Waals surface area contributed by atoms with Crippen LogP contribution < -0.4 is 4.90 Å². The molecular weight excluding hydrogens is 531 g/mol. The lowest BCUT2D eigenvalue weighted by Crippen LogP contribution is -2.46. The van der Waals surface area contributed by atoms with Gasteiger partial charge < -0.3 is 14.4 Å². The molecule has 1 amide bonds. The van der Waals surface area contributed by atoms with Crippen LogP contribution in [-0.4, -0.2) is 71.8 Å². The predicted octanol–water partition coefficient (Wildman–Crippen LogP) is 4.67.